The van der Waals surface area contributed by atoms with Gasteiger partial charge in [-0.25, -0.2) is 14.8 Å². The van der Waals surface area contributed by atoms with Crippen LogP contribution >= 0.6 is 11.6 Å². The van der Waals surface area contributed by atoms with Crippen molar-refractivity contribution in [1.29, 1.82) is 0 Å². The van der Waals surface area contributed by atoms with Gasteiger partial charge in [-0.2, -0.15) is 0 Å². The van der Waals surface area contributed by atoms with Gasteiger partial charge in [0, 0.05) is 29.4 Å². The number of nitrogens with one attached hydrogen (secondary N) is 4. The van der Waals surface area contributed by atoms with Crippen LogP contribution in [0.2, 0.25) is 5.02 Å². The number of ether oxygens (including phenoxy) is 1. The van der Waals surface area contributed by atoms with Gasteiger partial charge in [-0.3, -0.25) is 9.59 Å². The molecule has 1 unspecified atom stereocenters. The Morgan fingerprint density at radius 1 is 1.12 bits per heavy atom. The molecule has 0 saturated heterocycles. The van der Waals surface area contributed by atoms with Crippen LogP contribution in [0.3, 0.4) is 0 Å². The van der Waals surface area contributed by atoms with E-state index in [1.807, 2.05) is 30.3 Å². The van der Waals surface area contributed by atoms with Crippen LogP contribution in [0.25, 0.3) is 16.7 Å². The van der Waals surface area contributed by atoms with Gasteiger partial charge in [0.1, 0.15) is 17.1 Å². The number of benzene rings is 2. The molecule has 0 aliphatic carbocycles. The number of alkyl carbamates (subject to hydrolysis) is 1. The second-order valence-corrected chi connectivity index (χ2v) is 11.1. The predicted octanol–water partition coefficient (Wildman–Crippen LogP) is 5.75. The topological polar surface area (TPSA) is 138 Å². The van der Waals surface area contributed by atoms with E-state index in [2.05, 4.69) is 37.5 Å². The Balaban J connectivity index is 1.49. The summed E-state index contributed by atoms with van der Waals surface area (Å²) in [6.07, 6.45) is 1.52. The van der Waals surface area contributed by atoms with Crippen molar-refractivity contribution < 1.29 is 14.3 Å². The Labute approximate surface area is 248 Å². The summed E-state index contributed by atoms with van der Waals surface area (Å²) >= 11 is 6.44. The zero-order chi connectivity index (χ0) is 30.4. The molecule has 0 spiro atoms. The zero-order valence-electron chi connectivity index (χ0n) is 23.9. The summed E-state index contributed by atoms with van der Waals surface area (Å²) in [4.78, 5) is 49.4. The Morgan fingerprint density at radius 3 is 2.57 bits per heavy atom. The number of H-pyrrole nitrogens is 1. The average molecular weight is 589 g/mol. The minimum absolute atomic E-state index is 0.280. The van der Waals surface area contributed by atoms with Gasteiger partial charge in [0.2, 0.25) is 0 Å². The van der Waals surface area contributed by atoms with Crippen molar-refractivity contribution in [2.45, 2.75) is 45.8 Å². The van der Waals surface area contributed by atoms with Crippen LogP contribution in [0.1, 0.15) is 60.5 Å². The minimum Gasteiger partial charge on any atom is -0.444 e. The van der Waals surface area contributed by atoms with Gasteiger partial charge < -0.3 is 25.7 Å². The Morgan fingerprint density at radius 2 is 1.86 bits per heavy atom. The minimum atomic E-state index is -0.613. The summed E-state index contributed by atoms with van der Waals surface area (Å²) in [5.41, 5.74) is 1.62. The van der Waals surface area contributed by atoms with Crippen LogP contribution in [0, 0.1) is 6.92 Å². The molecule has 0 radical (unpaired) electrons. The molecular weight excluding hydrogens is 556 g/mol. The molecule has 0 fully saturated rings. The first-order valence-corrected chi connectivity index (χ1v) is 13.7. The molecule has 0 bridgehead atoms. The molecule has 42 heavy (non-hydrogen) atoms. The number of amides is 2. The predicted molar refractivity (Wildman–Crippen MR) is 165 cm³/mol. The lowest BCUT2D eigenvalue weighted by Crippen LogP contribution is -2.35. The molecule has 1 atom stereocenters. The number of carbonyl (C=O) groups is 2. The highest BCUT2D eigenvalue weighted by Gasteiger charge is 2.20. The summed E-state index contributed by atoms with van der Waals surface area (Å²) < 4.78 is 5.31. The summed E-state index contributed by atoms with van der Waals surface area (Å²) in [6, 6.07) is 15.5. The molecule has 11 heteroatoms. The van der Waals surface area contributed by atoms with Crippen LogP contribution in [0.15, 0.2) is 72.2 Å². The first kappa shape index (κ1) is 30.3. The fourth-order valence-corrected chi connectivity index (χ4v) is 4.34. The number of aromatic nitrogens is 3. The standard InChI is InChI=1S/C31H33ClN6O4/c1-18(23-15-22-17-34-19(2)36-27(22)38-29(23)40)35-26-16-21(11-12-24(26)32)28(39)37-25(20-9-7-6-8-10-20)13-14-33-30(41)42-31(3,4)5/h6-12,15-17,25,35H,1,13-14H2,2-5H3,(H,33,41)(H,37,39)(H,34,36,38,40). The van der Waals surface area contributed by atoms with Crippen LogP contribution in [0.4, 0.5) is 10.5 Å². The van der Waals surface area contributed by atoms with Gasteiger partial charge in [0.05, 0.1) is 22.3 Å². The lowest BCUT2D eigenvalue weighted by atomic mass is 10.0. The second kappa shape index (κ2) is 12.9. The Hall–Kier alpha value is -4.70. The van der Waals surface area contributed by atoms with E-state index >= 15 is 0 Å². The SMILES string of the molecule is C=C(Nc1cc(C(=O)NC(CCNC(=O)OC(C)(C)C)c2ccccc2)ccc1Cl)c1cc2cnc(C)nc2[nH]c1=O. The molecule has 0 saturated carbocycles. The molecule has 4 rings (SSSR count). The van der Waals surface area contributed by atoms with Crippen molar-refractivity contribution >= 4 is 46.0 Å². The lowest BCUT2D eigenvalue weighted by molar-refractivity contribution is 0.0526. The Kier molecular flexibility index (Phi) is 9.27. The largest absolute Gasteiger partial charge is 0.444 e. The van der Waals surface area contributed by atoms with Crippen LogP contribution in [-0.4, -0.2) is 39.1 Å². The van der Waals surface area contributed by atoms with Gasteiger partial charge in [-0.1, -0.05) is 48.5 Å². The number of fused-ring (bicyclic) bond motifs is 1. The third-order valence-corrected chi connectivity index (χ3v) is 6.49. The van der Waals surface area contributed by atoms with Crippen molar-refractivity contribution in [2.24, 2.45) is 0 Å². The lowest BCUT2D eigenvalue weighted by Gasteiger charge is -2.22. The highest BCUT2D eigenvalue weighted by molar-refractivity contribution is 6.33. The maximum atomic E-state index is 13.4. The third kappa shape index (κ3) is 7.94. The van der Waals surface area contributed by atoms with Crippen molar-refractivity contribution in [3.8, 4) is 0 Å². The van der Waals surface area contributed by atoms with Crippen molar-refractivity contribution in [1.82, 2.24) is 25.6 Å². The number of aryl methyl sites for hydroxylation is 1. The number of nitrogens with zero attached hydrogens (tertiary/aromatic N) is 2. The van der Waals surface area contributed by atoms with Crippen molar-refractivity contribution in [3.05, 3.63) is 105 Å². The summed E-state index contributed by atoms with van der Waals surface area (Å²) in [5.74, 6) is 0.195. The second-order valence-electron chi connectivity index (χ2n) is 10.7. The van der Waals surface area contributed by atoms with Gasteiger partial charge in [-0.05, 0) is 63.9 Å². The molecule has 218 valence electrons. The van der Waals surface area contributed by atoms with E-state index in [-0.39, 0.29) is 29.3 Å². The van der Waals surface area contributed by atoms with E-state index in [0.717, 1.165) is 5.56 Å². The van der Waals surface area contributed by atoms with Gasteiger partial charge in [0.15, 0.2) is 0 Å². The quantitative estimate of drug-likeness (QED) is 0.195. The molecule has 0 aliphatic rings. The number of anilines is 1. The van der Waals surface area contributed by atoms with E-state index in [4.69, 9.17) is 16.3 Å². The molecule has 0 aliphatic heterocycles. The van der Waals surface area contributed by atoms with Gasteiger partial charge >= 0.3 is 6.09 Å². The summed E-state index contributed by atoms with van der Waals surface area (Å²) in [7, 11) is 0. The molecule has 2 amide bonds. The number of aromatic amines is 1. The first-order chi connectivity index (χ1) is 19.9. The number of carbonyl (C=O) groups excluding carboxylic acids is 2. The molecule has 4 N–H and O–H groups in total. The first-order valence-electron chi connectivity index (χ1n) is 13.3. The molecule has 2 heterocycles. The molecule has 2 aromatic carbocycles. The van der Waals surface area contributed by atoms with E-state index in [9.17, 15) is 14.4 Å². The number of rotatable bonds is 9. The maximum absolute atomic E-state index is 13.4. The van der Waals surface area contributed by atoms with Crippen molar-refractivity contribution in [3.63, 3.8) is 0 Å². The summed E-state index contributed by atoms with van der Waals surface area (Å²) in [6.45, 7) is 11.4. The molecular formula is C31H33ClN6O4. The monoisotopic (exact) mass is 588 g/mol. The number of pyridine rings is 1. The molecule has 2 aromatic heterocycles. The van der Waals surface area contributed by atoms with E-state index < -0.39 is 17.7 Å². The number of halogens is 1. The molecule has 4 aromatic rings. The van der Waals surface area contributed by atoms with Crippen LogP contribution < -0.4 is 21.5 Å². The van der Waals surface area contributed by atoms with Crippen molar-refractivity contribution in [2.75, 3.05) is 11.9 Å². The maximum Gasteiger partial charge on any atom is 0.407 e. The summed E-state index contributed by atoms with van der Waals surface area (Å²) in [5, 5.41) is 9.83. The number of hydrogen-bond donors (Lipinski definition) is 4. The van der Waals surface area contributed by atoms with E-state index in [0.29, 0.717) is 39.6 Å². The van der Waals surface area contributed by atoms with Crippen LogP contribution in [-0.2, 0) is 4.74 Å². The zero-order valence-corrected chi connectivity index (χ0v) is 24.6. The fraction of sp³-hybridized carbons (Fsp3) is 0.258. The highest BCUT2D eigenvalue weighted by atomic mass is 35.5. The number of hydrogen-bond acceptors (Lipinski definition) is 7. The van der Waals surface area contributed by atoms with Crippen LogP contribution in [0.5, 0.6) is 0 Å². The normalized spacial score (nSPS) is 11.9. The molecule has 10 nitrogen and oxygen atoms in total. The average Bonchev–Trinajstić information content (AvgIpc) is 2.92. The fourth-order valence-electron chi connectivity index (χ4n) is 4.18. The van der Waals surface area contributed by atoms with E-state index in [1.165, 1.54) is 0 Å². The highest BCUT2D eigenvalue weighted by Crippen LogP contribution is 2.27. The van der Waals surface area contributed by atoms with Gasteiger partial charge in [-0.15, -0.1) is 0 Å². The smallest absolute Gasteiger partial charge is 0.407 e. The third-order valence-electron chi connectivity index (χ3n) is 6.16. The Bertz CT molecular complexity index is 1680. The van der Waals surface area contributed by atoms with Gasteiger partial charge in [0.25, 0.3) is 11.5 Å². The van der Waals surface area contributed by atoms with E-state index in [1.54, 1.807) is 58.2 Å².